The summed E-state index contributed by atoms with van der Waals surface area (Å²) in [7, 11) is 1.35. The molecule has 0 saturated heterocycles. The Labute approximate surface area is 104 Å². The summed E-state index contributed by atoms with van der Waals surface area (Å²) >= 11 is -2.52. The van der Waals surface area contributed by atoms with Gasteiger partial charge in [0.2, 0.25) is 0 Å². The lowest BCUT2D eigenvalue weighted by Gasteiger charge is -2.15. The fourth-order valence-electron chi connectivity index (χ4n) is 1.32. The van der Waals surface area contributed by atoms with Crippen LogP contribution in [0.2, 0.25) is 0 Å². The van der Waals surface area contributed by atoms with Crippen molar-refractivity contribution in [3.05, 3.63) is 35.4 Å². The number of methoxy groups -OCH3 is 1. The van der Waals surface area contributed by atoms with Crippen molar-refractivity contribution in [1.82, 2.24) is 0 Å². The third-order valence-electron chi connectivity index (χ3n) is 2.13. The van der Waals surface area contributed by atoms with Crippen molar-refractivity contribution in [1.29, 1.82) is 0 Å². The monoisotopic (exact) mass is 284 g/mol. The van der Waals surface area contributed by atoms with Crippen LogP contribution in [0.4, 0.5) is 13.2 Å². The lowest BCUT2D eigenvalue weighted by atomic mass is 10.1. The third kappa shape index (κ3) is 4.37. The van der Waals surface area contributed by atoms with Crippen LogP contribution in [0.15, 0.2) is 24.3 Å². The number of benzene rings is 1. The van der Waals surface area contributed by atoms with Crippen LogP contribution in [0.1, 0.15) is 17.2 Å². The molecule has 18 heavy (non-hydrogen) atoms. The molecule has 1 N–H and O–H groups in total. The molecule has 0 fully saturated rings. The Balaban J connectivity index is 2.90. The molecule has 8 heteroatoms. The highest BCUT2D eigenvalue weighted by Crippen LogP contribution is 2.30. The van der Waals surface area contributed by atoms with Crippen LogP contribution in [0.3, 0.4) is 0 Å². The summed E-state index contributed by atoms with van der Waals surface area (Å²) in [4.78, 5) is 0. The van der Waals surface area contributed by atoms with Gasteiger partial charge >= 0.3 is 17.5 Å². The molecule has 0 amide bonds. The molecule has 0 radical (unpaired) electrons. The molecule has 2 atom stereocenters. The van der Waals surface area contributed by atoms with Gasteiger partial charge in [-0.15, -0.1) is 0 Å². The van der Waals surface area contributed by atoms with E-state index < -0.39 is 29.2 Å². The molecule has 0 aliphatic heterocycles. The predicted molar refractivity (Wildman–Crippen MR) is 57.9 cm³/mol. The molecule has 1 aromatic carbocycles. The first-order chi connectivity index (χ1) is 8.34. The average molecular weight is 284 g/mol. The van der Waals surface area contributed by atoms with Crippen LogP contribution >= 0.6 is 0 Å². The van der Waals surface area contributed by atoms with Crippen LogP contribution in [0, 0.1) is 0 Å². The van der Waals surface area contributed by atoms with Crippen LogP contribution in [-0.2, 0) is 26.5 Å². The summed E-state index contributed by atoms with van der Waals surface area (Å²) in [6, 6.07) is 4.11. The number of alkyl halides is 3. The zero-order chi connectivity index (χ0) is 13.8. The van der Waals surface area contributed by atoms with Crippen molar-refractivity contribution >= 4 is 11.4 Å². The summed E-state index contributed by atoms with van der Waals surface area (Å²) in [6.07, 6.45) is -5.32. The fourth-order valence-corrected chi connectivity index (χ4v) is 1.68. The van der Waals surface area contributed by atoms with Gasteiger partial charge in [0.1, 0.15) is 6.10 Å². The molecule has 0 saturated carbocycles. The molecule has 0 aliphatic carbocycles. The Bertz CT molecular complexity index is 405. The average Bonchev–Trinajstić information content (AvgIpc) is 2.27. The van der Waals surface area contributed by atoms with E-state index in [0.717, 1.165) is 12.1 Å². The predicted octanol–water partition coefficient (Wildman–Crippen LogP) is 2.55. The number of rotatable bonds is 5. The highest BCUT2D eigenvalue weighted by molar-refractivity contribution is 7.74. The Hall–Kier alpha value is -0.960. The molecular formula is C10H11F3O4S. The van der Waals surface area contributed by atoms with Crippen molar-refractivity contribution in [3.63, 3.8) is 0 Å². The van der Waals surface area contributed by atoms with Crippen molar-refractivity contribution in [3.8, 4) is 0 Å². The van der Waals surface area contributed by atoms with Crippen molar-refractivity contribution < 1.29 is 30.9 Å². The molecule has 0 spiro atoms. The zero-order valence-corrected chi connectivity index (χ0v) is 10.1. The van der Waals surface area contributed by atoms with Gasteiger partial charge in [-0.3, -0.25) is 8.74 Å². The number of ether oxygens (including phenoxy) is 1. The summed E-state index contributed by atoms with van der Waals surface area (Å²) in [5, 5.41) is 0. The first-order valence-electron chi connectivity index (χ1n) is 4.78. The lowest BCUT2D eigenvalue weighted by Crippen LogP contribution is -2.13. The maximum absolute atomic E-state index is 12.3. The van der Waals surface area contributed by atoms with E-state index in [4.69, 9.17) is 9.29 Å². The van der Waals surface area contributed by atoms with Crippen molar-refractivity contribution in [2.45, 2.75) is 12.3 Å². The number of hydrogen-bond donors (Lipinski definition) is 1. The van der Waals surface area contributed by atoms with E-state index in [1.165, 1.54) is 19.2 Å². The van der Waals surface area contributed by atoms with Gasteiger partial charge in [-0.05, 0) is 17.7 Å². The van der Waals surface area contributed by atoms with Gasteiger partial charge in [-0.1, -0.05) is 12.1 Å². The largest absolute Gasteiger partial charge is 0.416 e. The quantitative estimate of drug-likeness (QED) is 0.844. The minimum atomic E-state index is -4.42. The molecule has 1 aromatic rings. The maximum atomic E-state index is 12.3. The molecule has 102 valence electrons. The molecule has 1 rings (SSSR count). The Morgan fingerprint density at radius 2 is 1.89 bits per heavy atom. The second kappa shape index (κ2) is 6.28. The summed E-state index contributed by atoms with van der Waals surface area (Å²) in [5.74, 6) is 0. The van der Waals surface area contributed by atoms with E-state index in [2.05, 4.69) is 4.18 Å². The van der Waals surface area contributed by atoms with E-state index in [1.807, 2.05) is 0 Å². The second-order valence-corrected chi connectivity index (χ2v) is 4.00. The van der Waals surface area contributed by atoms with Gasteiger partial charge < -0.3 is 4.74 Å². The molecule has 0 heterocycles. The van der Waals surface area contributed by atoms with Crippen LogP contribution in [-0.4, -0.2) is 22.5 Å². The fraction of sp³-hybridized carbons (Fsp3) is 0.400. The van der Waals surface area contributed by atoms with Gasteiger partial charge in [0.05, 0.1) is 12.2 Å². The first kappa shape index (κ1) is 15.1. The smallest absolute Gasteiger partial charge is 0.382 e. The normalized spacial score (nSPS) is 15.4. The van der Waals surface area contributed by atoms with Crippen LogP contribution in [0.5, 0.6) is 0 Å². The minimum absolute atomic E-state index is 0.0440. The van der Waals surface area contributed by atoms with Crippen LogP contribution in [0.25, 0.3) is 0 Å². The molecule has 1 unspecified atom stereocenters. The van der Waals surface area contributed by atoms with Gasteiger partial charge in [0.15, 0.2) is 0 Å². The highest BCUT2D eigenvalue weighted by Gasteiger charge is 2.30. The molecule has 0 aliphatic rings. The summed E-state index contributed by atoms with van der Waals surface area (Å²) in [6.45, 7) is -0.0440. The standard InChI is InChI=1S/C10H11F3O4S/c1-16-6-9(17-18(14)15)7-2-4-8(5-3-7)10(11,12)13/h2-5,9H,6H2,1H3,(H,14,15)/t9-/m0/s1. The Morgan fingerprint density at radius 1 is 1.33 bits per heavy atom. The highest BCUT2D eigenvalue weighted by atomic mass is 32.2. The maximum Gasteiger partial charge on any atom is 0.416 e. The van der Waals surface area contributed by atoms with E-state index in [1.54, 1.807) is 0 Å². The van der Waals surface area contributed by atoms with E-state index in [-0.39, 0.29) is 6.61 Å². The van der Waals surface area contributed by atoms with Crippen LogP contribution < -0.4 is 0 Å². The topological polar surface area (TPSA) is 55.8 Å². The van der Waals surface area contributed by atoms with Gasteiger partial charge in [0, 0.05) is 7.11 Å². The second-order valence-electron chi connectivity index (χ2n) is 3.38. The zero-order valence-electron chi connectivity index (χ0n) is 9.31. The molecule has 4 nitrogen and oxygen atoms in total. The summed E-state index contributed by atoms with van der Waals surface area (Å²) in [5.41, 5.74) is -0.472. The number of hydrogen-bond acceptors (Lipinski definition) is 3. The molecule has 0 aromatic heterocycles. The van der Waals surface area contributed by atoms with E-state index in [0.29, 0.717) is 5.56 Å². The summed E-state index contributed by atoms with van der Waals surface area (Å²) < 4.78 is 65.5. The minimum Gasteiger partial charge on any atom is -0.382 e. The lowest BCUT2D eigenvalue weighted by molar-refractivity contribution is -0.137. The van der Waals surface area contributed by atoms with Crippen molar-refractivity contribution in [2.75, 3.05) is 13.7 Å². The third-order valence-corrected chi connectivity index (χ3v) is 2.52. The van der Waals surface area contributed by atoms with Gasteiger partial charge in [-0.25, -0.2) is 0 Å². The SMILES string of the molecule is COC[C@H](OS(=O)O)c1ccc(C(F)(F)F)cc1. The van der Waals surface area contributed by atoms with Crippen molar-refractivity contribution in [2.24, 2.45) is 0 Å². The Kier molecular flexibility index (Phi) is 5.27. The van der Waals surface area contributed by atoms with E-state index >= 15 is 0 Å². The molecular weight excluding hydrogens is 273 g/mol. The first-order valence-corrected chi connectivity index (χ1v) is 5.82. The van der Waals surface area contributed by atoms with E-state index in [9.17, 15) is 17.4 Å². The van der Waals surface area contributed by atoms with Gasteiger partial charge in [-0.2, -0.15) is 17.4 Å². The number of halogens is 3. The Morgan fingerprint density at radius 3 is 2.28 bits per heavy atom. The van der Waals surface area contributed by atoms with Gasteiger partial charge in [0.25, 0.3) is 0 Å². The molecule has 0 bridgehead atoms.